The Balaban J connectivity index is 1.99. The average molecular weight is 262 g/mol. The molecule has 0 aliphatic carbocycles. The van der Waals surface area contributed by atoms with Crippen LogP contribution in [0.4, 0.5) is 0 Å². The zero-order valence-electron chi connectivity index (χ0n) is 11.0. The molecule has 1 aromatic carbocycles. The molecule has 0 fully saturated rings. The molecular formula is C14H18N2OS. The highest BCUT2D eigenvalue weighted by atomic mass is 32.2. The largest absolute Gasteiger partial charge is 0.416 e. The second-order valence-corrected chi connectivity index (χ2v) is 6.17. The predicted molar refractivity (Wildman–Crippen MR) is 73.9 cm³/mol. The summed E-state index contributed by atoms with van der Waals surface area (Å²) in [4.78, 5) is 0. The molecule has 96 valence electrons. The van der Waals surface area contributed by atoms with Crippen LogP contribution in [0.5, 0.6) is 0 Å². The first kappa shape index (κ1) is 13.1. The van der Waals surface area contributed by atoms with E-state index in [9.17, 15) is 0 Å². The van der Waals surface area contributed by atoms with Crippen LogP contribution in [0.25, 0.3) is 0 Å². The van der Waals surface area contributed by atoms with Crippen molar-refractivity contribution in [2.45, 2.75) is 43.6 Å². The quantitative estimate of drug-likeness (QED) is 0.766. The molecule has 1 aromatic heterocycles. The van der Waals surface area contributed by atoms with E-state index in [0.717, 1.165) is 12.3 Å². The van der Waals surface area contributed by atoms with E-state index in [4.69, 9.17) is 4.42 Å². The van der Waals surface area contributed by atoms with E-state index in [0.29, 0.717) is 16.4 Å². The van der Waals surface area contributed by atoms with Crippen LogP contribution in [0.2, 0.25) is 0 Å². The summed E-state index contributed by atoms with van der Waals surface area (Å²) in [5.41, 5.74) is 1.30. The third-order valence-corrected chi connectivity index (χ3v) is 3.47. The molecular weight excluding hydrogens is 244 g/mol. The van der Waals surface area contributed by atoms with Crippen molar-refractivity contribution in [3.63, 3.8) is 0 Å². The van der Waals surface area contributed by atoms with Crippen molar-refractivity contribution in [2.24, 2.45) is 0 Å². The zero-order chi connectivity index (χ0) is 13.0. The summed E-state index contributed by atoms with van der Waals surface area (Å²) in [6, 6.07) is 10.4. The Morgan fingerprint density at radius 1 is 1.11 bits per heavy atom. The van der Waals surface area contributed by atoms with Gasteiger partial charge in [0.25, 0.3) is 5.22 Å². The van der Waals surface area contributed by atoms with Gasteiger partial charge in [-0.3, -0.25) is 0 Å². The third-order valence-electron chi connectivity index (χ3n) is 2.63. The molecule has 0 radical (unpaired) electrons. The summed E-state index contributed by atoms with van der Waals surface area (Å²) in [6.45, 7) is 6.40. The number of rotatable bonds is 5. The molecule has 2 rings (SSSR count). The summed E-state index contributed by atoms with van der Waals surface area (Å²) < 4.78 is 5.63. The predicted octanol–water partition coefficient (Wildman–Crippen LogP) is 3.92. The van der Waals surface area contributed by atoms with Gasteiger partial charge in [-0.05, 0) is 11.5 Å². The molecule has 0 saturated carbocycles. The van der Waals surface area contributed by atoms with Crippen LogP contribution in [0.3, 0.4) is 0 Å². The van der Waals surface area contributed by atoms with E-state index >= 15 is 0 Å². The molecule has 0 amide bonds. The van der Waals surface area contributed by atoms with Crippen molar-refractivity contribution in [1.29, 1.82) is 0 Å². The Bertz CT molecular complexity index is 482. The van der Waals surface area contributed by atoms with Gasteiger partial charge in [-0.15, -0.1) is 10.2 Å². The molecule has 0 aliphatic rings. The molecule has 0 spiro atoms. The number of hydrogen-bond donors (Lipinski definition) is 0. The van der Waals surface area contributed by atoms with Crippen molar-refractivity contribution < 1.29 is 4.42 Å². The highest BCUT2D eigenvalue weighted by Crippen LogP contribution is 2.24. The minimum absolute atomic E-state index is 0.392. The molecule has 1 heterocycles. The minimum atomic E-state index is 0.392. The maximum Gasteiger partial charge on any atom is 0.276 e. The standard InChI is InChI=1S/C14H18N2OS/c1-10(2)18-14-16-15-13(17-14)9-11(3)12-7-5-4-6-8-12/h4-8,10-11H,9H2,1-3H3. The van der Waals surface area contributed by atoms with Crippen molar-refractivity contribution in [3.05, 3.63) is 41.8 Å². The topological polar surface area (TPSA) is 38.9 Å². The number of aromatic nitrogens is 2. The Labute approximate surface area is 112 Å². The Morgan fingerprint density at radius 2 is 1.83 bits per heavy atom. The Morgan fingerprint density at radius 3 is 2.50 bits per heavy atom. The van der Waals surface area contributed by atoms with Crippen LogP contribution in [0.15, 0.2) is 40.0 Å². The van der Waals surface area contributed by atoms with E-state index < -0.39 is 0 Å². The molecule has 2 aromatic rings. The van der Waals surface area contributed by atoms with Gasteiger partial charge in [0.05, 0.1) is 0 Å². The summed E-state index contributed by atoms with van der Waals surface area (Å²) >= 11 is 1.60. The number of hydrogen-bond acceptors (Lipinski definition) is 4. The highest BCUT2D eigenvalue weighted by molar-refractivity contribution is 7.99. The van der Waals surface area contributed by atoms with Crippen molar-refractivity contribution in [3.8, 4) is 0 Å². The molecule has 0 N–H and O–H groups in total. The zero-order valence-corrected chi connectivity index (χ0v) is 11.8. The Kier molecular flexibility index (Phi) is 4.42. The molecule has 0 aliphatic heterocycles. The molecule has 0 bridgehead atoms. The molecule has 1 unspecified atom stereocenters. The van der Waals surface area contributed by atoms with Gasteiger partial charge < -0.3 is 4.42 Å². The fourth-order valence-corrected chi connectivity index (χ4v) is 2.37. The van der Waals surface area contributed by atoms with E-state index in [-0.39, 0.29) is 0 Å². The van der Waals surface area contributed by atoms with Gasteiger partial charge in [-0.2, -0.15) is 0 Å². The van der Waals surface area contributed by atoms with E-state index in [1.54, 1.807) is 11.8 Å². The van der Waals surface area contributed by atoms with Gasteiger partial charge in [0, 0.05) is 11.7 Å². The fourth-order valence-electron chi connectivity index (χ4n) is 1.73. The third kappa shape index (κ3) is 3.60. The number of nitrogens with zero attached hydrogens (tertiary/aromatic N) is 2. The normalized spacial score (nSPS) is 12.9. The van der Waals surface area contributed by atoms with Gasteiger partial charge >= 0.3 is 0 Å². The maximum absolute atomic E-state index is 5.63. The van der Waals surface area contributed by atoms with Gasteiger partial charge in [-0.25, -0.2) is 0 Å². The van der Waals surface area contributed by atoms with E-state index in [2.05, 4.69) is 55.2 Å². The molecule has 1 atom stereocenters. The van der Waals surface area contributed by atoms with Gasteiger partial charge in [0.15, 0.2) is 0 Å². The second-order valence-electron chi connectivity index (χ2n) is 4.64. The summed E-state index contributed by atoms with van der Waals surface area (Å²) in [6.07, 6.45) is 0.787. The lowest BCUT2D eigenvalue weighted by molar-refractivity contribution is 0.404. The van der Waals surface area contributed by atoms with Crippen LogP contribution in [0.1, 0.15) is 38.1 Å². The molecule has 0 saturated heterocycles. The molecule has 4 heteroatoms. The smallest absolute Gasteiger partial charge is 0.276 e. The van der Waals surface area contributed by atoms with E-state index in [1.165, 1.54) is 5.56 Å². The van der Waals surface area contributed by atoms with Crippen molar-refractivity contribution in [2.75, 3.05) is 0 Å². The lowest BCUT2D eigenvalue weighted by atomic mass is 9.98. The fraction of sp³-hybridized carbons (Fsp3) is 0.429. The van der Waals surface area contributed by atoms with Crippen molar-refractivity contribution in [1.82, 2.24) is 10.2 Å². The van der Waals surface area contributed by atoms with Crippen LogP contribution in [-0.4, -0.2) is 15.4 Å². The van der Waals surface area contributed by atoms with Gasteiger partial charge in [0.1, 0.15) is 0 Å². The average Bonchev–Trinajstić information content (AvgIpc) is 2.76. The lowest BCUT2D eigenvalue weighted by Crippen LogP contribution is -1.98. The lowest BCUT2D eigenvalue weighted by Gasteiger charge is -2.08. The number of thioether (sulfide) groups is 1. The van der Waals surface area contributed by atoms with Gasteiger partial charge in [-0.1, -0.05) is 62.9 Å². The van der Waals surface area contributed by atoms with Crippen LogP contribution in [-0.2, 0) is 6.42 Å². The van der Waals surface area contributed by atoms with Gasteiger partial charge in [0.2, 0.25) is 5.89 Å². The molecule has 18 heavy (non-hydrogen) atoms. The Hall–Kier alpha value is -1.29. The van der Waals surface area contributed by atoms with Crippen LogP contribution in [0, 0.1) is 0 Å². The van der Waals surface area contributed by atoms with Crippen molar-refractivity contribution >= 4 is 11.8 Å². The second kappa shape index (κ2) is 6.05. The first-order valence-electron chi connectivity index (χ1n) is 6.19. The first-order chi connectivity index (χ1) is 8.65. The SMILES string of the molecule is CC(C)Sc1nnc(CC(C)c2ccccc2)o1. The van der Waals surface area contributed by atoms with Crippen LogP contribution < -0.4 is 0 Å². The van der Waals surface area contributed by atoms with E-state index in [1.807, 2.05) is 6.07 Å². The first-order valence-corrected chi connectivity index (χ1v) is 7.07. The summed E-state index contributed by atoms with van der Waals surface area (Å²) in [5, 5.41) is 9.28. The highest BCUT2D eigenvalue weighted by Gasteiger charge is 2.13. The maximum atomic E-state index is 5.63. The minimum Gasteiger partial charge on any atom is -0.416 e. The number of benzene rings is 1. The van der Waals surface area contributed by atoms with Crippen LogP contribution >= 0.6 is 11.8 Å². The summed E-state index contributed by atoms with van der Waals surface area (Å²) in [7, 11) is 0. The summed E-state index contributed by atoms with van der Waals surface area (Å²) in [5.74, 6) is 1.11. The molecule has 3 nitrogen and oxygen atoms in total. The monoisotopic (exact) mass is 262 g/mol.